The third kappa shape index (κ3) is 2.74. The predicted octanol–water partition coefficient (Wildman–Crippen LogP) is 0.626. The highest BCUT2D eigenvalue weighted by atomic mass is 16.5. The molecule has 1 aliphatic heterocycles. The van der Waals surface area contributed by atoms with Gasteiger partial charge in [0.05, 0.1) is 12.2 Å². The Hall–Kier alpha value is -1.62. The summed E-state index contributed by atoms with van der Waals surface area (Å²) in [6.45, 7) is 5.53. The van der Waals surface area contributed by atoms with Gasteiger partial charge in [0.1, 0.15) is 0 Å². The van der Waals surface area contributed by atoms with Crippen LogP contribution in [0.1, 0.15) is 24.2 Å². The lowest BCUT2D eigenvalue weighted by atomic mass is 10.1. The third-order valence-electron chi connectivity index (χ3n) is 2.73. The van der Waals surface area contributed by atoms with Gasteiger partial charge in [-0.25, -0.2) is 0 Å². The fourth-order valence-corrected chi connectivity index (χ4v) is 1.95. The number of amides is 1. The SMILES string of the molecule is CC1(C)CN(C(=O)c2cc[nH]c(=O)c2)CCO1. The van der Waals surface area contributed by atoms with Crippen LogP contribution in [0.4, 0.5) is 0 Å². The average Bonchev–Trinajstić information content (AvgIpc) is 2.26. The Bertz CT molecular complexity index is 479. The first-order valence-corrected chi connectivity index (χ1v) is 5.60. The van der Waals surface area contributed by atoms with Crippen LogP contribution in [0.3, 0.4) is 0 Å². The molecule has 0 aliphatic carbocycles. The van der Waals surface area contributed by atoms with E-state index in [0.29, 0.717) is 25.3 Å². The van der Waals surface area contributed by atoms with E-state index in [-0.39, 0.29) is 17.1 Å². The Morgan fingerprint density at radius 2 is 2.29 bits per heavy atom. The molecule has 1 aliphatic rings. The molecule has 0 aromatic carbocycles. The highest BCUT2D eigenvalue weighted by Gasteiger charge is 2.30. The van der Waals surface area contributed by atoms with Crippen LogP contribution in [0.15, 0.2) is 23.1 Å². The first kappa shape index (κ1) is 11.9. The molecule has 0 radical (unpaired) electrons. The van der Waals surface area contributed by atoms with Crippen molar-refractivity contribution >= 4 is 5.91 Å². The molecule has 0 bridgehead atoms. The summed E-state index contributed by atoms with van der Waals surface area (Å²) in [5.41, 5.74) is -0.162. The highest BCUT2D eigenvalue weighted by molar-refractivity contribution is 5.94. The van der Waals surface area contributed by atoms with E-state index >= 15 is 0 Å². The molecule has 5 heteroatoms. The Morgan fingerprint density at radius 3 is 2.94 bits per heavy atom. The fourth-order valence-electron chi connectivity index (χ4n) is 1.95. The number of morpholine rings is 1. The lowest BCUT2D eigenvalue weighted by Gasteiger charge is -2.38. The van der Waals surface area contributed by atoms with Crippen molar-refractivity contribution in [3.8, 4) is 0 Å². The molecule has 5 nitrogen and oxygen atoms in total. The lowest BCUT2D eigenvalue weighted by molar-refractivity contribution is -0.0764. The second kappa shape index (κ2) is 4.33. The van der Waals surface area contributed by atoms with Crippen molar-refractivity contribution in [2.24, 2.45) is 0 Å². The van der Waals surface area contributed by atoms with Gasteiger partial charge in [-0.2, -0.15) is 0 Å². The Morgan fingerprint density at radius 1 is 1.53 bits per heavy atom. The second-order valence-corrected chi connectivity index (χ2v) is 4.78. The van der Waals surface area contributed by atoms with Crippen molar-refractivity contribution in [3.05, 3.63) is 34.2 Å². The maximum Gasteiger partial charge on any atom is 0.254 e. The molecule has 2 heterocycles. The van der Waals surface area contributed by atoms with Crippen LogP contribution in [0.2, 0.25) is 0 Å². The zero-order valence-corrected chi connectivity index (χ0v) is 10.0. The molecule has 0 unspecified atom stereocenters. The van der Waals surface area contributed by atoms with E-state index in [4.69, 9.17) is 4.74 Å². The number of carbonyl (C=O) groups excluding carboxylic acids is 1. The quantitative estimate of drug-likeness (QED) is 0.777. The molecule has 1 aromatic rings. The van der Waals surface area contributed by atoms with Gasteiger partial charge < -0.3 is 14.6 Å². The predicted molar refractivity (Wildman–Crippen MR) is 63.0 cm³/mol. The molecule has 0 spiro atoms. The molecule has 17 heavy (non-hydrogen) atoms. The molecule has 92 valence electrons. The van der Waals surface area contributed by atoms with E-state index in [0.717, 1.165) is 0 Å². The van der Waals surface area contributed by atoms with Crippen molar-refractivity contribution in [1.29, 1.82) is 0 Å². The summed E-state index contributed by atoms with van der Waals surface area (Å²) in [5.74, 6) is -0.118. The van der Waals surface area contributed by atoms with Crippen molar-refractivity contribution in [1.82, 2.24) is 9.88 Å². The second-order valence-electron chi connectivity index (χ2n) is 4.78. The number of hydrogen-bond donors (Lipinski definition) is 1. The van der Waals surface area contributed by atoms with Gasteiger partial charge in [0, 0.05) is 30.9 Å². The van der Waals surface area contributed by atoms with Crippen molar-refractivity contribution in [3.63, 3.8) is 0 Å². The molecule has 1 fully saturated rings. The number of carbonyl (C=O) groups is 1. The van der Waals surface area contributed by atoms with Gasteiger partial charge in [0.25, 0.3) is 5.91 Å². The summed E-state index contributed by atoms with van der Waals surface area (Å²) in [4.78, 5) is 27.5. The van der Waals surface area contributed by atoms with Crippen molar-refractivity contribution in [2.45, 2.75) is 19.4 Å². The van der Waals surface area contributed by atoms with E-state index < -0.39 is 0 Å². The monoisotopic (exact) mass is 236 g/mol. The van der Waals surface area contributed by atoms with Gasteiger partial charge in [0.2, 0.25) is 5.56 Å². The molecule has 1 saturated heterocycles. The number of H-pyrrole nitrogens is 1. The van der Waals surface area contributed by atoms with Crippen LogP contribution in [0.25, 0.3) is 0 Å². The van der Waals surface area contributed by atoms with E-state index in [2.05, 4.69) is 4.98 Å². The number of aromatic amines is 1. The van der Waals surface area contributed by atoms with Gasteiger partial charge in [-0.15, -0.1) is 0 Å². The summed E-state index contributed by atoms with van der Waals surface area (Å²) in [7, 11) is 0. The van der Waals surface area contributed by atoms with E-state index in [1.54, 1.807) is 11.0 Å². The smallest absolute Gasteiger partial charge is 0.254 e. The molecule has 1 amide bonds. The number of rotatable bonds is 1. The minimum absolute atomic E-state index is 0.118. The van der Waals surface area contributed by atoms with Crippen LogP contribution < -0.4 is 5.56 Å². The lowest BCUT2D eigenvalue weighted by Crippen LogP contribution is -2.50. The van der Waals surface area contributed by atoms with Crippen LogP contribution in [-0.4, -0.2) is 41.1 Å². The topological polar surface area (TPSA) is 62.4 Å². The number of pyridine rings is 1. The Labute approximate surface area is 99.4 Å². The minimum Gasteiger partial charge on any atom is -0.372 e. The standard InChI is InChI=1S/C12H16N2O3/c1-12(2)8-14(5-6-17-12)11(16)9-3-4-13-10(15)7-9/h3-4,7H,5-6,8H2,1-2H3,(H,13,15). The number of aromatic nitrogens is 1. The van der Waals surface area contributed by atoms with Gasteiger partial charge in [-0.3, -0.25) is 9.59 Å². The number of nitrogens with one attached hydrogen (secondary N) is 1. The zero-order valence-electron chi connectivity index (χ0n) is 10.0. The number of hydrogen-bond acceptors (Lipinski definition) is 3. The largest absolute Gasteiger partial charge is 0.372 e. The normalized spacial score (nSPS) is 19.1. The molecular weight excluding hydrogens is 220 g/mol. The maximum absolute atomic E-state index is 12.2. The molecule has 2 rings (SSSR count). The van der Waals surface area contributed by atoms with Crippen molar-refractivity contribution < 1.29 is 9.53 Å². The molecule has 0 saturated carbocycles. The van der Waals surface area contributed by atoms with E-state index in [1.165, 1.54) is 12.3 Å². The summed E-state index contributed by atoms with van der Waals surface area (Å²) in [6.07, 6.45) is 1.49. The number of nitrogens with zero attached hydrogens (tertiary/aromatic N) is 1. The average molecular weight is 236 g/mol. The first-order chi connectivity index (χ1) is 7.98. The minimum atomic E-state index is -0.324. The summed E-state index contributed by atoms with van der Waals surface area (Å²) in [5, 5.41) is 0. The van der Waals surface area contributed by atoms with Gasteiger partial charge in [-0.1, -0.05) is 0 Å². The zero-order chi connectivity index (χ0) is 12.5. The first-order valence-electron chi connectivity index (χ1n) is 5.60. The molecular formula is C12H16N2O3. The summed E-state index contributed by atoms with van der Waals surface area (Å²) in [6, 6.07) is 2.94. The van der Waals surface area contributed by atoms with Crippen LogP contribution in [-0.2, 0) is 4.74 Å². The maximum atomic E-state index is 12.2. The van der Waals surface area contributed by atoms with Crippen LogP contribution in [0.5, 0.6) is 0 Å². The highest BCUT2D eigenvalue weighted by Crippen LogP contribution is 2.17. The molecule has 1 N–H and O–H groups in total. The third-order valence-corrected chi connectivity index (χ3v) is 2.73. The Kier molecular flexibility index (Phi) is 3.02. The molecule has 0 atom stereocenters. The van der Waals surface area contributed by atoms with E-state index in [9.17, 15) is 9.59 Å². The van der Waals surface area contributed by atoms with Gasteiger partial charge >= 0.3 is 0 Å². The fraction of sp³-hybridized carbons (Fsp3) is 0.500. The van der Waals surface area contributed by atoms with Gasteiger partial charge in [-0.05, 0) is 19.9 Å². The molecule has 1 aromatic heterocycles. The van der Waals surface area contributed by atoms with E-state index in [1.807, 2.05) is 13.8 Å². The summed E-state index contributed by atoms with van der Waals surface area (Å²) >= 11 is 0. The summed E-state index contributed by atoms with van der Waals surface area (Å²) < 4.78 is 5.54. The number of ether oxygens (including phenoxy) is 1. The van der Waals surface area contributed by atoms with Crippen LogP contribution >= 0.6 is 0 Å². The van der Waals surface area contributed by atoms with Gasteiger partial charge in [0.15, 0.2) is 0 Å². The Balaban J connectivity index is 2.18. The van der Waals surface area contributed by atoms with Crippen molar-refractivity contribution in [2.75, 3.05) is 19.7 Å². The van der Waals surface area contributed by atoms with Crippen LogP contribution in [0, 0.1) is 0 Å².